The quantitative estimate of drug-likeness (QED) is 0.687. The van der Waals surface area contributed by atoms with Gasteiger partial charge in [-0.2, -0.15) is 0 Å². The van der Waals surface area contributed by atoms with Crippen molar-refractivity contribution >= 4 is 0 Å². The zero-order valence-electron chi connectivity index (χ0n) is 10.7. The SMILES string of the molecule is CN(C)CCCN1CCC(OCCO)CC1. The van der Waals surface area contributed by atoms with Crippen LogP contribution in [0.25, 0.3) is 0 Å². The zero-order chi connectivity index (χ0) is 11.8. The Morgan fingerprint density at radius 2 is 2.00 bits per heavy atom. The Balaban J connectivity index is 2.03. The molecule has 1 fully saturated rings. The Morgan fingerprint density at radius 1 is 1.31 bits per heavy atom. The van der Waals surface area contributed by atoms with Crippen LogP contribution in [0.2, 0.25) is 0 Å². The van der Waals surface area contributed by atoms with Crippen molar-refractivity contribution in [3.8, 4) is 0 Å². The summed E-state index contributed by atoms with van der Waals surface area (Å²) >= 11 is 0. The average Bonchev–Trinajstić information content (AvgIpc) is 2.27. The van der Waals surface area contributed by atoms with Gasteiger partial charge in [0.2, 0.25) is 0 Å². The van der Waals surface area contributed by atoms with Gasteiger partial charge in [-0.25, -0.2) is 0 Å². The molecule has 0 radical (unpaired) electrons. The van der Waals surface area contributed by atoms with E-state index in [9.17, 15) is 0 Å². The standard InChI is InChI=1S/C12H26N2O2/c1-13(2)6-3-7-14-8-4-12(5-9-14)16-11-10-15/h12,15H,3-11H2,1-2H3. The summed E-state index contributed by atoms with van der Waals surface area (Å²) in [4.78, 5) is 4.75. The number of nitrogens with zero attached hydrogens (tertiary/aromatic N) is 2. The van der Waals surface area contributed by atoms with Crippen molar-refractivity contribution in [2.75, 3.05) is 53.5 Å². The zero-order valence-corrected chi connectivity index (χ0v) is 10.7. The minimum absolute atomic E-state index is 0.142. The highest BCUT2D eigenvalue weighted by Gasteiger charge is 2.18. The van der Waals surface area contributed by atoms with Crippen molar-refractivity contribution in [3.05, 3.63) is 0 Å². The van der Waals surface area contributed by atoms with Crippen molar-refractivity contribution in [2.24, 2.45) is 0 Å². The molecule has 0 spiro atoms. The second kappa shape index (κ2) is 8.01. The van der Waals surface area contributed by atoms with E-state index < -0.39 is 0 Å². The van der Waals surface area contributed by atoms with Gasteiger partial charge in [0.05, 0.1) is 19.3 Å². The van der Waals surface area contributed by atoms with Crippen molar-refractivity contribution in [2.45, 2.75) is 25.4 Å². The molecule has 0 amide bonds. The number of piperidine rings is 1. The summed E-state index contributed by atoms with van der Waals surface area (Å²) in [5.41, 5.74) is 0. The molecule has 1 aliphatic heterocycles. The van der Waals surface area contributed by atoms with Crippen LogP contribution < -0.4 is 0 Å². The summed E-state index contributed by atoms with van der Waals surface area (Å²) in [5, 5.41) is 8.68. The number of rotatable bonds is 7. The molecular weight excluding hydrogens is 204 g/mol. The van der Waals surface area contributed by atoms with Crippen LogP contribution in [-0.2, 0) is 4.74 Å². The van der Waals surface area contributed by atoms with Gasteiger partial charge in [0.1, 0.15) is 0 Å². The predicted octanol–water partition coefficient (Wildman–Crippen LogP) is 0.411. The monoisotopic (exact) mass is 230 g/mol. The molecule has 0 aliphatic carbocycles. The molecule has 0 unspecified atom stereocenters. The van der Waals surface area contributed by atoms with E-state index in [1.165, 1.54) is 19.5 Å². The molecule has 0 atom stereocenters. The van der Waals surface area contributed by atoms with Crippen LogP contribution in [-0.4, -0.2) is 74.5 Å². The molecule has 1 rings (SSSR count). The van der Waals surface area contributed by atoms with E-state index in [2.05, 4.69) is 23.9 Å². The van der Waals surface area contributed by atoms with Crippen molar-refractivity contribution < 1.29 is 9.84 Å². The second-order valence-corrected chi connectivity index (χ2v) is 4.79. The first-order chi connectivity index (χ1) is 7.72. The van der Waals surface area contributed by atoms with Gasteiger partial charge in [0.15, 0.2) is 0 Å². The van der Waals surface area contributed by atoms with Gasteiger partial charge in [-0.3, -0.25) is 0 Å². The molecular formula is C12H26N2O2. The first-order valence-electron chi connectivity index (χ1n) is 6.32. The number of ether oxygens (including phenoxy) is 1. The molecule has 96 valence electrons. The minimum Gasteiger partial charge on any atom is -0.394 e. The van der Waals surface area contributed by atoms with Gasteiger partial charge in [0.25, 0.3) is 0 Å². The lowest BCUT2D eigenvalue weighted by Gasteiger charge is -2.32. The van der Waals surface area contributed by atoms with Crippen molar-refractivity contribution in [1.29, 1.82) is 0 Å². The Morgan fingerprint density at radius 3 is 2.56 bits per heavy atom. The normalized spacial score (nSPS) is 19.5. The summed E-state index contributed by atoms with van der Waals surface area (Å²) in [6.07, 6.45) is 3.84. The highest BCUT2D eigenvalue weighted by Crippen LogP contribution is 2.13. The van der Waals surface area contributed by atoms with Gasteiger partial charge in [-0.05, 0) is 46.4 Å². The molecule has 4 heteroatoms. The fraction of sp³-hybridized carbons (Fsp3) is 1.00. The molecule has 0 saturated carbocycles. The predicted molar refractivity (Wildman–Crippen MR) is 65.7 cm³/mol. The van der Waals surface area contributed by atoms with Crippen molar-refractivity contribution in [1.82, 2.24) is 9.80 Å². The molecule has 1 N–H and O–H groups in total. The molecule has 4 nitrogen and oxygen atoms in total. The van der Waals surface area contributed by atoms with E-state index >= 15 is 0 Å². The van der Waals surface area contributed by atoms with Crippen molar-refractivity contribution in [3.63, 3.8) is 0 Å². The highest BCUT2D eigenvalue weighted by molar-refractivity contribution is 4.72. The molecule has 0 aromatic heterocycles. The fourth-order valence-electron chi connectivity index (χ4n) is 2.13. The highest BCUT2D eigenvalue weighted by atomic mass is 16.5. The van der Waals surface area contributed by atoms with Gasteiger partial charge < -0.3 is 19.6 Å². The van der Waals surface area contributed by atoms with E-state index in [0.717, 1.165) is 25.9 Å². The summed E-state index contributed by atoms with van der Waals surface area (Å²) < 4.78 is 5.54. The van der Waals surface area contributed by atoms with Crippen LogP contribution in [0.3, 0.4) is 0 Å². The summed E-state index contributed by atoms with van der Waals surface area (Å²) in [6.45, 7) is 5.28. The number of likely N-dealkylation sites (tertiary alicyclic amines) is 1. The van der Waals surface area contributed by atoms with Crippen LogP contribution in [0.15, 0.2) is 0 Å². The number of aliphatic hydroxyl groups excluding tert-OH is 1. The van der Waals surface area contributed by atoms with Crippen LogP contribution in [0.5, 0.6) is 0 Å². The van der Waals surface area contributed by atoms with Gasteiger partial charge in [-0.1, -0.05) is 0 Å². The Bertz CT molecular complexity index is 168. The number of hydrogen-bond donors (Lipinski definition) is 1. The van der Waals surface area contributed by atoms with E-state index in [-0.39, 0.29) is 6.61 Å². The van der Waals surface area contributed by atoms with E-state index in [4.69, 9.17) is 9.84 Å². The van der Waals surface area contributed by atoms with E-state index in [1.807, 2.05) is 0 Å². The van der Waals surface area contributed by atoms with E-state index in [0.29, 0.717) is 12.7 Å². The molecule has 0 aromatic rings. The lowest BCUT2D eigenvalue weighted by Crippen LogP contribution is -2.38. The Kier molecular flexibility index (Phi) is 6.96. The molecule has 1 heterocycles. The van der Waals surface area contributed by atoms with Gasteiger partial charge in [0, 0.05) is 13.1 Å². The Hall–Kier alpha value is -0.160. The summed E-state index contributed by atoms with van der Waals surface area (Å²) in [5.74, 6) is 0. The maximum Gasteiger partial charge on any atom is 0.0701 e. The molecule has 0 bridgehead atoms. The third-order valence-corrected chi connectivity index (χ3v) is 3.06. The van der Waals surface area contributed by atoms with E-state index in [1.54, 1.807) is 0 Å². The topological polar surface area (TPSA) is 35.9 Å². The number of hydrogen-bond acceptors (Lipinski definition) is 4. The maximum atomic E-state index is 8.68. The lowest BCUT2D eigenvalue weighted by molar-refractivity contribution is -0.00799. The molecule has 1 saturated heterocycles. The summed E-state index contributed by atoms with van der Waals surface area (Å²) in [7, 11) is 4.24. The second-order valence-electron chi connectivity index (χ2n) is 4.79. The minimum atomic E-state index is 0.142. The lowest BCUT2D eigenvalue weighted by atomic mass is 10.1. The third kappa shape index (κ3) is 5.80. The third-order valence-electron chi connectivity index (χ3n) is 3.06. The average molecular weight is 230 g/mol. The maximum absolute atomic E-state index is 8.68. The first kappa shape index (κ1) is 13.9. The first-order valence-corrected chi connectivity index (χ1v) is 6.32. The smallest absolute Gasteiger partial charge is 0.0701 e. The molecule has 1 aliphatic rings. The van der Waals surface area contributed by atoms with Crippen LogP contribution >= 0.6 is 0 Å². The van der Waals surface area contributed by atoms with Crippen LogP contribution in [0.4, 0.5) is 0 Å². The fourth-order valence-corrected chi connectivity index (χ4v) is 2.13. The number of aliphatic hydroxyl groups is 1. The summed E-state index contributed by atoms with van der Waals surface area (Å²) in [6, 6.07) is 0. The molecule has 0 aromatic carbocycles. The van der Waals surface area contributed by atoms with Gasteiger partial charge in [-0.15, -0.1) is 0 Å². The van der Waals surface area contributed by atoms with Crippen LogP contribution in [0.1, 0.15) is 19.3 Å². The largest absolute Gasteiger partial charge is 0.394 e. The molecule has 16 heavy (non-hydrogen) atoms. The van der Waals surface area contributed by atoms with Crippen LogP contribution in [0, 0.1) is 0 Å². The Labute approximate surface area is 99.2 Å². The van der Waals surface area contributed by atoms with Gasteiger partial charge >= 0.3 is 0 Å².